The van der Waals surface area contributed by atoms with Crippen molar-refractivity contribution in [2.45, 2.75) is 6.92 Å². The maximum absolute atomic E-state index is 5.65. The third-order valence-electron chi connectivity index (χ3n) is 1.20. The van der Waals surface area contributed by atoms with E-state index in [0.29, 0.717) is 17.5 Å². The maximum Gasteiger partial charge on any atom is 0.225 e. The smallest absolute Gasteiger partial charge is 0.225 e. The van der Waals surface area contributed by atoms with Crippen LogP contribution in [0.25, 0.3) is 0 Å². The Kier molecular flexibility index (Phi) is 3.81. The number of hydrogen-bond donors (Lipinski definition) is 1. The van der Waals surface area contributed by atoms with E-state index in [-0.39, 0.29) is 5.28 Å². The molecule has 1 rings (SSSR count). The Morgan fingerprint density at radius 1 is 1.46 bits per heavy atom. The molecule has 0 saturated heterocycles. The van der Waals surface area contributed by atoms with E-state index >= 15 is 0 Å². The molecule has 0 fully saturated rings. The lowest BCUT2D eigenvalue weighted by molar-refractivity contribution is 1.15. The van der Waals surface area contributed by atoms with E-state index in [1.807, 2.05) is 0 Å². The number of halogens is 2. The van der Waals surface area contributed by atoms with Crippen LogP contribution in [0.2, 0.25) is 10.4 Å². The normalized spacial score (nSPS) is 8.85. The van der Waals surface area contributed by atoms with Crippen molar-refractivity contribution in [1.29, 1.82) is 0 Å². The third kappa shape index (κ3) is 3.49. The van der Waals surface area contributed by atoms with Crippen LogP contribution in [0, 0.1) is 11.8 Å². The van der Waals surface area contributed by atoms with Crippen LogP contribution in [-0.2, 0) is 0 Å². The molecule has 0 aliphatic heterocycles. The average molecular weight is 216 g/mol. The largest absolute Gasteiger partial charge is 0.359 e. The Labute approximate surface area is 86.5 Å². The summed E-state index contributed by atoms with van der Waals surface area (Å²) in [6.07, 6.45) is 0. The summed E-state index contributed by atoms with van der Waals surface area (Å²) in [7, 11) is 0. The van der Waals surface area contributed by atoms with Crippen molar-refractivity contribution in [1.82, 2.24) is 9.97 Å². The van der Waals surface area contributed by atoms with Crippen LogP contribution in [0.3, 0.4) is 0 Å². The lowest BCUT2D eigenvalue weighted by Gasteiger charge is -2.00. The molecule has 0 amide bonds. The predicted molar refractivity (Wildman–Crippen MR) is 54.0 cm³/mol. The van der Waals surface area contributed by atoms with Gasteiger partial charge in [0, 0.05) is 6.07 Å². The van der Waals surface area contributed by atoms with Gasteiger partial charge >= 0.3 is 0 Å². The summed E-state index contributed by atoms with van der Waals surface area (Å²) in [5, 5.41) is 3.37. The molecule has 0 aliphatic carbocycles. The quantitative estimate of drug-likeness (QED) is 0.468. The Morgan fingerprint density at radius 3 is 2.85 bits per heavy atom. The molecule has 1 N–H and O–H groups in total. The highest BCUT2D eigenvalue weighted by atomic mass is 35.5. The van der Waals surface area contributed by atoms with Crippen LogP contribution in [0.15, 0.2) is 6.07 Å². The highest BCUT2D eigenvalue weighted by Gasteiger charge is 1.98. The van der Waals surface area contributed by atoms with Gasteiger partial charge in [0.15, 0.2) is 0 Å². The van der Waals surface area contributed by atoms with E-state index in [2.05, 4.69) is 27.1 Å². The highest BCUT2D eigenvalue weighted by molar-refractivity contribution is 6.32. The molecule has 13 heavy (non-hydrogen) atoms. The fraction of sp³-hybridized carbons (Fsp3) is 0.250. The summed E-state index contributed by atoms with van der Waals surface area (Å²) in [4.78, 5) is 7.60. The molecule has 0 bridgehead atoms. The van der Waals surface area contributed by atoms with Crippen molar-refractivity contribution >= 4 is 29.0 Å². The molecule has 0 aliphatic rings. The van der Waals surface area contributed by atoms with Gasteiger partial charge in [-0.15, -0.1) is 5.92 Å². The number of aromatic nitrogens is 2. The van der Waals surface area contributed by atoms with Gasteiger partial charge in [0.25, 0.3) is 0 Å². The summed E-state index contributed by atoms with van der Waals surface area (Å²) in [6, 6.07) is 1.59. The standard InChI is InChI=1S/C8H7Cl2N3/c1-2-3-4-11-7-5-6(9)12-8(10)13-7/h5H,4H2,1H3,(H,11,12,13). The molecule has 0 aromatic carbocycles. The molecule has 68 valence electrons. The molecule has 1 aromatic heterocycles. The molecule has 0 saturated carbocycles. The van der Waals surface area contributed by atoms with E-state index in [0.717, 1.165) is 0 Å². The van der Waals surface area contributed by atoms with E-state index in [1.54, 1.807) is 13.0 Å². The summed E-state index contributed by atoms with van der Waals surface area (Å²) >= 11 is 11.2. The summed E-state index contributed by atoms with van der Waals surface area (Å²) < 4.78 is 0. The number of anilines is 1. The highest BCUT2D eigenvalue weighted by Crippen LogP contribution is 2.13. The summed E-state index contributed by atoms with van der Waals surface area (Å²) in [6.45, 7) is 2.28. The topological polar surface area (TPSA) is 37.8 Å². The predicted octanol–water partition coefficient (Wildman–Crippen LogP) is 2.22. The first kappa shape index (κ1) is 10.1. The minimum absolute atomic E-state index is 0.124. The first-order valence-corrected chi connectivity index (χ1v) is 4.31. The zero-order valence-electron chi connectivity index (χ0n) is 6.93. The van der Waals surface area contributed by atoms with E-state index in [9.17, 15) is 0 Å². The first-order chi connectivity index (χ1) is 6.22. The van der Waals surface area contributed by atoms with Gasteiger partial charge in [-0.25, -0.2) is 9.97 Å². The molecule has 1 aromatic rings. The van der Waals surface area contributed by atoms with Crippen molar-refractivity contribution in [3.63, 3.8) is 0 Å². The minimum Gasteiger partial charge on any atom is -0.359 e. The molecule has 3 nitrogen and oxygen atoms in total. The van der Waals surface area contributed by atoms with Gasteiger partial charge in [-0.1, -0.05) is 17.5 Å². The van der Waals surface area contributed by atoms with E-state index in [1.165, 1.54) is 0 Å². The lowest BCUT2D eigenvalue weighted by Crippen LogP contribution is -2.01. The number of hydrogen-bond acceptors (Lipinski definition) is 3. The molecule has 0 spiro atoms. The molecular weight excluding hydrogens is 209 g/mol. The second-order valence-electron chi connectivity index (χ2n) is 2.13. The zero-order valence-corrected chi connectivity index (χ0v) is 8.45. The zero-order chi connectivity index (χ0) is 9.68. The molecule has 0 radical (unpaired) electrons. The second kappa shape index (κ2) is 4.90. The molecule has 5 heteroatoms. The van der Waals surface area contributed by atoms with Gasteiger partial charge in [0.2, 0.25) is 5.28 Å². The fourth-order valence-electron chi connectivity index (χ4n) is 0.704. The lowest BCUT2D eigenvalue weighted by atomic mass is 10.5. The van der Waals surface area contributed by atoms with Crippen LogP contribution in [0.5, 0.6) is 0 Å². The molecular formula is C8H7Cl2N3. The minimum atomic E-state index is 0.124. The van der Waals surface area contributed by atoms with Crippen molar-refractivity contribution in [2.24, 2.45) is 0 Å². The first-order valence-electron chi connectivity index (χ1n) is 3.56. The van der Waals surface area contributed by atoms with Crippen molar-refractivity contribution < 1.29 is 0 Å². The van der Waals surface area contributed by atoms with Crippen LogP contribution < -0.4 is 5.32 Å². The summed E-state index contributed by atoms with van der Waals surface area (Å²) in [5.41, 5.74) is 0. The average Bonchev–Trinajstić information content (AvgIpc) is 2.03. The molecule has 0 unspecified atom stereocenters. The maximum atomic E-state index is 5.65. The Bertz CT molecular complexity index is 334. The van der Waals surface area contributed by atoms with Crippen LogP contribution >= 0.6 is 23.2 Å². The number of rotatable bonds is 2. The Hall–Kier alpha value is -0.980. The van der Waals surface area contributed by atoms with Crippen LogP contribution in [-0.4, -0.2) is 16.5 Å². The monoisotopic (exact) mass is 215 g/mol. The number of nitrogens with zero attached hydrogens (tertiary/aromatic N) is 2. The Balaban J connectivity index is 2.69. The van der Waals surface area contributed by atoms with Gasteiger partial charge in [-0.2, -0.15) is 0 Å². The van der Waals surface area contributed by atoms with Gasteiger partial charge in [0.05, 0.1) is 6.54 Å². The van der Waals surface area contributed by atoms with E-state index < -0.39 is 0 Å². The van der Waals surface area contributed by atoms with Gasteiger partial charge < -0.3 is 5.32 Å². The molecule has 1 heterocycles. The second-order valence-corrected chi connectivity index (χ2v) is 2.85. The Morgan fingerprint density at radius 2 is 2.23 bits per heavy atom. The molecule has 0 atom stereocenters. The SMILES string of the molecule is CC#CCNc1cc(Cl)nc(Cl)n1. The van der Waals surface area contributed by atoms with Gasteiger partial charge in [-0.05, 0) is 18.5 Å². The number of nitrogens with one attached hydrogen (secondary N) is 1. The van der Waals surface area contributed by atoms with Crippen LogP contribution in [0.1, 0.15) is 6.92 Å². The summed E-state index contributed by atoms with van der Waals surface area (Å²) in [5.74, 6) is 6.15. The van der Waals surface area contributed by atoms with Gasteiger partial charge in [0.1, 0.15) is 11.0 Å². The van der Waals surface area contributed by atoms with Crippen LogP contribution in [0.4, 0.5) is 5.82 Å². The fourth-order valence-corrected chi connectivity index (χ4v) is 1.11. The van der Waals surface area contributed by atoms with E-state index in [4.69, 9.17) is 23.2 Å². The van der Waals surface area contributed by atoms with Crippen molar-refractivity contribution in [3.8, 4) is 11.8 Å². The van der Waals surface area contributed by atoms with Gasteiger partial charge in [-0.3, -0.25) is 0 Å². The van der Waals surface area contributed by atoms with Crippen molar-refractivity contribution in [2.75, 3.05) is 11.9 Å². The third-order valence-corrected chi connectivity index (χ3v) is 1.56. The van der Waals surface area contributed by atoms with Crippen molar-refractivity contribution in [3.05, 3.63) is 16.5 Å².